The Kier molecular flexibility index (Phi) is 8.87. The summed E-state index contributed by atoms with van der Waals surface area (Å²) >= 11 is 0. The minimum atomic E-state index is -1.53. The van der Waals surface area contributed by atoms with Gasteiger partial charge in [0, 0.05) is 32.0 Å². The first-order chi connectivity index (χ1) is 29.1. The van der Waals surface area contributed by atoms with Crippen LogP contribution in [0.1, 0.15) is 74.8 Å². The molecule has 0 bridgehead atoms. The molecule has 0 fully saturated rings. The van der Waals surface area contributed by atoms with Gasteiger partial charge in [0.05, 0.1) is 39.6 Å². The second kappa shape index (κ2) is 14.7. The fraction of sp³-hybridized carbons (Fsp3) is 0.226. The number of rotatable bonds is 8. The molecule has 4 heterocycles. The Hall–Kier alpha value is -6.53. The van der Waals surface area contributed by atoms with Crippen LogP contribution in [-0.2, 0) is 17.2 Å². The third-order valence-electron chi connectivity index (χ3n) is 10.9. The van der Waals surface area contributed by atoms with Crippen LogP contribution < -0.4 is 9.30 Å². The summed E-state index contributed by atoms with van der Waals surface area (Å²) in [7, 11) is 0. The Bertz CT molecular complexity index is 3060. The number of fused-ring (bicyclic) bond motifs is 4. The fourth-order valence-electron chi connectivity index (χ4n) is 7.86. The van der Waals surface area contributed by atoms with E-state index in [1.807, 2.05) is 50.4 Å². The molecule has 5 aromatic carbocycles. The van der Waals surface area contributed by atoms with Crippen LogP contribution in [0.25, 0.3) is 61.2 Å². The van der Waals surface area contributed by atoms with E-state index >= 15 is 0 Å². The van der Waals surface area contributed by atoms with Crippen LogP contribution in [0.5, 0.6) is 11.5 Å². The third-order valence-corrected chi connectivity index (χ3v) is 10.9. The van der Waals surface area contributed by atoms with Crippen molar-refractivity contribution in [1.29, 1.82) is 0 Å². The van der Waals surface area contributed by atoms with Crippen LogP contribution in [0.2, 0.25) is 0 Å². The van der Waals surface area contributed by atoms with Crippen LogP contribution >= 0.6 is 0 Å². The maximum atomic E-state index is 8.88. The lowest BCUT2D eigenvalue weighted by Crippen LogP contribution is -2.31. The van der Waals surface area contributed by atoms with Crippen molar-refractivity contribution >= 4 is 32.8 Å². The van der Waals surface area contributed by atoms with Gasteiger partial charge >= 0.3 is 0 Å². The van der Waals surface area contributed by atoms with Gasteiger partial charge in [-0.2, -0.15) is 0 Å². The van der Waals surface area contributed by atoms with Crippen LogP contribution in [0.15, 0.2) is 146 Å². The van der Waals surface area contributed by atoms with Crippen molar-refractivity contribution in [2.45, 2.75) is 72.6 Å². The third kappa shape index (κ3) is 7.40. The lowest BCUT2D eigenvalue weighted by molar-refractivity contribution is -0.572. The minimum Gasteiger partial charge on any atom is -0.456 e. The zero-order valence-corrected chi connectivity index (χ0v) is 35.1. The van der Waals surface area contributed by atoms with Crippen molar-refractivity contribution in [1.82, 2.24) is 19.1 Å². The smallest absolute Gasteiger partial charge is 0.269 e. The van der Waals surface area contributed by atoms with Gasteiger partial charge in [-0.05, 0) is 106 Å². The minimum absolute atomic E-state index is 0.0306. The Morgan fingerprint density at radius 2 is 1.42 bits per heavy atom. The van der Waals surface area contributed by atoms with E-state index in [2.05, 4.69) is 158 Å². The molecule has 0 saturated heterocycles. The predicted octanol–water partition coefficient (Wildman–Crippen LogP) is 12.8. The highest BCUT2D eigenvalue weighted by Crippen LogP contribution is 2.38. The van der Waals surface area contributed by atoms with Crippen molar-refractivity contribution in [3.05, 3.63) is 169 Å². The molecule has 0 radical (unpaired) electrons. The van der Waals surface area contributed by atoms with E-state index in [0.717, 1.165) is 55.3 Å². The Morgan fingerprint density at radius 3 is 2.17 bits per heavy atom. The number of aromatic nitrogens is 5. The molecule has 294 valence electrons. The molecule has 0 aliphatic rings. The highest BCUT2D eigenvalue weighted by atomic mass is 16.5. The molecule has 9 rings (SSSR count). The van der Waals surface area contributed by atoms with E-state index in [4.69, 9.17) is 12.5 Å². The number of pyridine rings is 2. The predicted molar refractivity (Wildman–Crippen MR) is 241 cm³/mol. The molecule has 0 aliphatic heterocycles. The lowest BCUT2D eigenvalue weighted by atomic mass is 9.80. The van der Waals surface area contributed by atoms with Crippen LogP contribution in [0, 0.1) is 12.2 Å². The van der Waals surface area contributed by atoms with Gasteiger partial charge in [-0.1, -0.05) is 122 Å². The molecule has 0 atom stereocenters. The molecule has 0 N–H and O–H groups in total. The molecule has 4 aromatic heterocycles. The summed E-state index contributed by atoms with van der Waals surface area (Å²) in [6.07, 6.45) is 7.42. The summed E-state index contributed by atoms with van der Waals surface area (Å²) in [5.74, 6) is 1.64. The number of nitrogens with zero attached hydrogens (tertiary/aromatic N) is 5. The van der Waals surface area contributed by atoms with Gasteiger partial charge in [0.2, 0.25) is 0 Å². The molecule has 0 aliphatic carbocycles. The summed E-state index contributed by atoms with van der Waals surface area (Å²) in [6, 6.07) is 43.9. The maximum absolute atomic E-state index is 8.88. The van der Waals surface area contributed by atoms with Crippen LogP contribution in [0.4, 0.5) is 0 Å². The highest BCUT2D eigenvalue weighted by Gasteiger charge is 2.23. The van der Waals surface area contributed by atoms with Gasteiger partial charge in [0.1, 0.15) is 17.3 Å². The number of ether oxygens (including phenoxy) is 1. The number of hydrogen-bond acceptors (Lipinski definition) is 3. The molecule has 59 heavy (non-hydrogen) atoms. The quantitative estimate of drug-likeness (QED) is 0.114. The number of benzene rings is 5. The average molecular weight is 776 g/mol. The Balaban J connectivity index is 1.14. The second-order valence-corrected chi connectivity index (χ2v) is 17.8. The Morgan fingerprint density at radius 1 is 0.678 bits per heavy atom. The van der Waals surface area contributed by atoms with Crippen molar-refractivity contribution in [3.63, 3.8) is 0 Å². The zero-order chi connectivity index (χ0) is 42.8. The summed E-state index contributed by atoms with van der Waals surface area (Å²) in [4.78, 5) is 9.47. The second-order valence-electron chi connectivity index (χ2n) is 17.8. The van der Waals surface area contributed by atoms with Crippen molar-refractivity contribution in [2.75, 3.05) is 0 Å². The normalized spacial score (nSPS) is 13.0. The summed E-state index contributed by atoms with van der Waals surface area (Å²) in [5.41, 5.74) is 11.1. The highest BCUT2D eigenvalue weighted by molar-refractivity contribution is 6.10. The maximum Gasteiger partial charge on any atom is 0.269 e. The van der Waals surface area contributed by atoms with Gasteiger partial charge in [0.25, 0.3) is 6.33 Å². The first kappa shape index (κ1) is 35.6. The van der Waals surface area contributed by atoms with Gasteiger partial charge in [-0.15, -0.1) is 0 Å². The molecule has 0 spiro atoms. The van der Waals surface area contributed by atoms with Gasteiger partial charge < -0.3 is 4.74 Å². The molecule has 9 aromatic rings. The van der Waals surface area contributed by atoms with Crippen LogP contribution in [0.3, 0.4) is 0 Å². The standard InChI is InChI=1S/C53H51N5O/c1-35(2)24-36-22-23-55-51(25-36)58-47-21-18-38(37-14-10-9-11-15-37)26-46(47)45-20-19-43(31-50(45)58)59-44-30-42(32-54-33-44)57-34-56(48-16-12-13-17-49(48)57)41-28-39(52(3,4)5)27-40(29-41)53(6,7)8/h9-23,25-33,35H,24H2,1-8H3/i24D2. The summed E-state index contributed by atoms with van der Waals surface area (Å²) in [5, 5.41) is 2.10. The van der Waals surface area contributed by atoms with Crippen molar-refractivity contribution < 1.29 is 12.0 Å². The molecule has 6 heteroatoms. The van der Waals surface area contributed by atoms with E-state index in [1.165, 1.54) is 11.1 Å². The monoisotopic (exact) mass is 775 g/mol. The van der Waals surface area contributed by atoms with Crippen molar-refractivity contribution in [3.8, 4) is 39.8 Å². The van der Waals surface area contributed by atoms with Gasteiger partial charge in [-0.25, -0.2) is 4.98 Å². The van der Waals surface area contributed by atoms with Gasteiger partial charge in [0.15, 0.2) is 0 Å². The Labute approximate surface area is 350 Å². The van der Waals surface area contributed by atoms with E-state index in [0.29, 0.717) is 22.9 Å². The van der Waals surface area contributed by atoms with Crippen molar-refractivity contribution in [2.24, 2.45) is 5.92 Å². The largest absolute Gasteiger partial charge is 0.456 e. The molecule has 0 amide bonds. The molecular weight excluding hydrogens is 723 g/mol. The van der Waals surface area contributed by atoms with E-state index in [-0.39, 0.29) is 16.7 Å². The first-order valence-corrected chi connectivity index (χ1v) is 20.4. The number of para-hydroxylation sites is 2. The zero-order valence-electron chi connectivity index (χ0n) is 37.1. The van der Waals surface area contributed by atoms with E-state index in [1.54, 1.807) is 18.5 Å². The van der Waals surface area contributed by atoms with E-state index in [9.17, 15) is 0 Å². The number of hydrogen-bond donors (Lipinski definition) is 0. The molecule has 0 unspecified atom stereocenters. The van der Waals surface area contributed by atoms with Gasteiger partial charge in [-0.3, -0.25) is 18.7 Å². The SMILES string of the molecule is [2H]C([2H])(c1ccnc(-n2c3ccc(-c4ccccc4)cc3c3ccc(Oc4cncc(-n5[c-][n+](-c6cc(C(C)(C)C)cc(C(C)(C)C)c6)c6ccccc65)c4)cc32)c1)C(C)C. The topological polar surface area (TPSA) is 48.8 Å². The molecule has 0 saturated carbocycles. The fourth-order valence-corrected chi connectivity index (χ4v) is 7.86. The van der Waals surface area contributed by atoms with E-state index < -0.39 is 6.37 Å². The van der Waals surface area contributed by atoms with Crippen LogP contribution in [-0.4, -0.2) is 19.1 Å². The first-order valence-electron chi connectivity index (χ1n) is 21.4. The summed E-state index contributed by atoms with van der Waals surface area (Å²) in [6.45, 7) is 17.4. The lowest BCUT2D eigenvalue weighted by Gasteiger charge is -2.26. The molecular formula is C53H51N5O. The average Bonchev–Trinajstić information content (AvgIpc) is 3.79. The summed E-state index contributed by atoms with van der Waals surface area (Å²) < 4.78 is 30.7. The molecule has 6 nitrogen and oxygen atoms in total. The number of imidazole rings is 1.